The minimum absolute atomic E-state index is 0.122. The predicted octanol–water partition coefficient (Wildman–Crippen LogP) is 2.65. The van der Waals surface area contributed by atoms with Crippen LogP contribution in [0.15, 0.2) is 36.7 Å². The molecule has 0 saturated carbocycles. The van der Waals surface area contributed by atoms with Crippen molar-refractivity contribution >= 4 is 16.6 Å². The Labute approximate surface area is 107 Å². The van der Waals surface area contributed by atoms with Crippen molar-refractivity contribution in [2.45, 2.75) is 13.8 Å². The van der Waals surface area contributed by atoms with Gasteiger partial charge >= 0.3 is 0 Å². The topological polar surface area (TPSA) is 56.0 Å². The molecule has 0 aliphatic rings. The van der Waals surface area contributed by atoms with Crippen molar-refractivity contribution in [1.82, 2.24) is 4.98 Å². The van der Waals surface area contributed by atoms with Gasteiger partial charge in [0.1, 0.15) is 0 Å². The van der Waals surface area contributed by atoms with Gasteiger partial charge in [0.25, 0.3) is 0 Å². The van der Waals surface area contributed by atoms with E-state index in [2.05, 4.69) is 4.98 Å². The molecular weight excluding hydrogens is 224 g/mol. The van der Waals surface area contributed by atoms with Gasteiger partial charge in [-0.05, 0) is 17.4 Å². The molecule has 1 heterocycles. The standard InChI is InChI=1S/C15H18N2O/c1-10(2)14(8-16)15(18)13-5-3-4-11-9-17-7-6-12(11)13/h3-7,9-10,14H,8,16H2,1-2H3. The van der Waals surface area contributed by atoms with Gasteiger partial charge in [-0.25, -0.2) is 0 Å². The van der Waals surface area contributed by atoms with Gasteiger partial charge in [-0.1, -0.05) is 32.0 Å². The molecule has 0 aliphatic heterocycles. The zero-order valence-corrected chi connectivity index (χ0v) is 10.8. The first-order chi connectivity index (χ1) is 8.65. The average Bonchev–Trinajstić information content (AvgIpc) is 2.38. The van der Waals surface area contributed by atoms with Gasteiger partial charge in [0, 0.05) is 35.8 Å². The number of hydrogen-bond donors (Lipinski definition) is 1. The lowest BCUT2D eigenvalue weighted by atomic mass is 9.86. The predicted molar refractivity (Wildman–Crippen MR) is 73.5 cm³/mol. The molecule has 1 unspecified atom stereocenters. The summed E-state index contributed by atoms with van der Waals surface area (Å²) in [5.41, 5.74) is 6.47. The van der Waals surface area contributed by atoms with E-state index in [1.807, 2.05) is 38.1 Å². The van der Waals surface area contributed by atoms with Crippen LogP contribution in [0.2, 0.25) is 0 Å². The molecule has 1 atom stereocenters. The molecule has 0 fully saturated rings. The summed E-state index contributed by atoms with van der Waals surface area (Å²) in [4.78, 5) is 16.6. The molecule has 2 N–H and O–H groups in total. The Kier molecular flexibility index (Phi) is 3.72. The molecular formula is C15H18N2O. The summed E-state index contributed by atoms with van der Waals surface area (Å²) in [5, 5.41) is 1.94. The van der Waals surface area contributed by atoms with Gasteiger partial charge in [-0.3, -0.25) is 9.78 Å². The molecule has 0 saturated heterocycles. The normalized spacial score (nSPS) is 12.9. The molecule has 1 aromatic heterocycles. The highest BCUT2D eigenvalue weighted by atomic mass is 16.1. The van der Waals surface area contributed by atoms with E-state index in [-0.39, 0.29) is 17.6 Å². The van der Waals surface area contributed by atoms with E-state index in [1.165, 1.54) is 0 Å². The fourth-order valence-electron chi connectivity index (χ4n) is 2.22. The highest BCUT2D eigenvalue weighted by Gasteiger charge is 2.23. The van der Waals surface area contributed by atoms with Gasteiger partial charge in [0.2, 0.25) is 0 Å². The zero-order valence-electron chi connectivity index (χ0n) is 10.8. The molecule has 0 radical (unpaired) electrons. The second-order valence-electron chi connectivity index (χ2n) is 4.85. The van der Waals surface area contributed by atoms with E-state index < -0.39 is 0 Å². The molecule has 3 heteroatoms. The number of benzene rings is 1. The fourth-order valence-corrected chi connectivity index (χ4v) is 2.22. The maximum atomic E-state index is 12.5. The quantitative estimate of drug-likeness (QED) is 0.838. The Bertz CT molecular complexity index is 558. The van der Waals surface area contributed by atoms with E-state index in [0.29, 0.717) is 6.54 Å². The molecule has 3 nitrogen and oxygen atoms in total. The van der Waals surface area contributed by atoms with Gasteiger partial charge in [-0.15, -0.1) is 0 Å². The second kappa shape index (κ2) is 5.27. The van der Waals surface area contributed by atoms with Crippen molar-refractivity contribution in [3.05, 3.63) is 42.2 Å². The highest BCUT2D eigenvalue weighted by molar-refractivity contribution is 6.09. The molecule has 0 aliphatic carbocycles. The summed E-state index contributed by atoms with van der Waals surface area (Å²) < 4.78 is 0. The Morgan fingerprint density at radius 1 is 1.33 bits per heavy atom. The van der Waals surface area contributed by atoms with Crippen LogP contribution < -0.4 is 5.73 Å². The minimum atomic E-state index is -0.122. The number of ketones is 1. The zero-order chi connectivity index (χ0) is 13.1. The van der Waals surface area contributed by atoms with Crippen molar-refractivity contribution in [1.29, 1.82) is 0 Å². The van der Waals surface area contributed by atoms with Crippen molar-refractivity contribution < 1.29 is 4.79 Å². The maximum Gasteiger partial charge on any atom is 0.168 e. The molecule has 2 rings (SSSR count). The number of nitrogens with zero attached hydrogens (tertiary/aromatic N) is 1. The SMILES string of the molecule is CC(C)C(CN)C(=O)c1cccc2cnccc12. The third kappa shape index (κ3) is 2.27. The van der Waals surface area contributed by atoms with Crippen LogP contribution >= 0.6 is 0 Å². The molecule has 1 aromatic carbocycles. The fraction of sp³-hybridized carbons (Fsp3) is 0.333. The molecule has 0 bridgehead atoms. The largest absolute Gasteiger partial charge is 0.330 e. The number of carbonyl (C=O) groups is 1. The Morgan fingerprint density at radius 3 is 2.78 bits per heavy atom. The Balaban J connectivity index is 2.51. The maximum absolute atomic E-state index is 12.5. The molecule has 18 heavy (non-hydrogen) atoms. The Hall–Kier alpha value is -1.74. The first-order valence-corrected chi connectivity index (χ1v) is 6.22. The van der Waals surface area contributed by atoms with Crippen molar-refractivity contribution in [3.8, 4) is 0 Å². The van der Waals surface area contributed by atoms with Crippen LogP contribution in [0.4, 0.5) is 0 Å². The van der Waals surface area contributed by atoms with Crippen LogP contribution in [0.5, 0.6) is 0 Å². The van der Waals surface area contributed by atoms with Crippen molar-refractivity contribution in [2.24, 2.45) is 17.6 Å². The average molecular weight is 242 g/mol. The first-order valence-electron chi connectivity index (χ1n) is 6.22. The number of hydrogen-bond acceptors (Lipinski definition) is 3. The van der Waals surface area contributed by atoms with Crippen LogP contribution in [0.3, 0.4) is 0 Å². The van der Waals surface area contributed by atoms with Crippen molar-refractivity contribution in [2.75, 3.05) is 6.54 Å². The molecule has 0 spiro atoms. The molecule has 2 aromatic rings. The second-order valence-corrected chi connectivity index (χ2v) is 4.85. The lowest BCUT2D eigenvalue weighted by molar-refractivity contribution is 0.0894. The van der Waals surface area contributed by atoms with Gasteiger partial charge < -0.3 is 5.73 Å². The van der Waals surface area contributed by atoms with Gasteiger partial charge in [-0.2, -0.15) is 0 Å². The lowest BCUT2D eigenvalue weighted by Crippen LogP contribution is -2.28. The summed E-state index contributed by atoms with van der Waals surface area (Å²) in [6, 6.07) is 7.61. The van der Waals surface area contributed by atoms with E-state index >= 15 is 0 Å². The number of fused-ring (bicyclic) bond motifs is 1. The van der Waals surface area contributed by atoms with Crippen molar-refractivity contribution in [3.63, 3.8) is 0 Å². The van der Waals surface area contributed by atoms with E-state index in [0.717, 1.165) is 16.3 Å². The smallest absolute Gasteiger partial charge is 0.168 e. The van der Waals surface area contributed by atoms with E-state index in [1.54, 1.807) is 12.4 Å². The Morgan fingerprint density at radius 2 is 2.11 bits per heavy atom. The molecule has 94 valence electrons. The number of aromatic nitrogens is 1. The lowest BCUT2D eigenvalue weighted by Gasteiger charge is -2.18. The summed E-state index contributed by atoms with van der Waals surface area (Å²) in [6.07, 6.45) is 3.49. The number of rotatable bonds is 4. The minimum Gasteiger partial charge on any atom is -0.330 e. The molecule has 0 amide bonds. The number of pyridine rings is 1. The summed E-state index contributed by atoms with van der Waals surface area (Å²) in [6.45, 7) is 4.45. The summed E-state index contributed by atoms with van der Waals surface area (Å²) in [5.74, 6) is 0.257. The summed E-state index contributed by atoms with van der Waals surface area (Å²) >= 11 is 0. The van der Waals surface area contributed by atoms with Crippen LogP contribution in [0, 0.1) is 11.8 Å². The van der Waals surface area contributed by atoms with Crippen LogP contribution in [0.1, 0.15) is 24.2 Å². The van der Waals surface area contributed by atoms with E-state index in [4.69, 9.17) is 5.73 Å². The van der Waals surface area contributed by atoms with Crippen LogP contribution in [0.25, 0.3) is 10.8 Å². The third-order valence-corrected chi connectivity index (χ3v) is 3.34. The van der Waals surface area contributed by atoms with E-state index in [9.17, 15) is 4.79 Å². The number of nitrogens with two attached hydrogens (primary N) is 1. The third-order valence-electron chi connectivity index (χ3n) is 3.34. The van der Waals surface area contributed by atoms with Gasteiger partial charge in [0.05, 0.1) is 0 Å². The summed E-state index contributed by atoms with van der Waals surface area (Å²) in [7, 11) is 0. The number of Topliss-reactive ketones (excluding diaryl/α,β-unsaturated/α-hetero) is 1. The first kappa shape index (κ1) is 12.7. The monoisotopic (exact) mass is 242 g/mol. The number of carbonyl (C=O) groups excluding carboxylic acids is 1. The van der Waals surface area contributed by atoms with Gasteiger partial charge in [0.15, 0.2) is 5.78 Å². The van der Waals surface area contributed by atoms with Crippen LogP contribution in [-0.2, 0) is 0 Å². The highest BCUT2D eigenvalue weighted by Crippen LogP contribution is 2.23. The van der Waals surface area contributed by atoms with Crippen LogP contribution in [-0.4, -0.2) is 17.3 Å².